The van der Waals surface area contributed by atoms with E-state index < -0.39 is 5.82 Å². The van der Waals surface area contributed by atoms with Gasteiger partial charge in [-0.25, -0.2) is 4.39 Å². The summed E-state index contributed by atoms with van der Waals surface area (Å²) in [6.07, 6.45) is 0. The Bertz CT molecular complexity index is 1430. The van der Waals surface area contributed by atoms with Crippen LogP contribution >= 0.6 is 0 Å². The Morgan fingerprint density at radius 1 is 1.18 bits per heavy atom. The zero-order valence-corrected chi connectivity index (χ0v) is 17.7. The molecule has 4 aromatic rings. The van der Waals surface area contributed by atoms with Gasteiger partial charge in [-0.3, -0.25) is 4.79 Å². The molecule has 0 radical (unpaired) electrons. The number of rotatable bonds is 5. The van der Waals surface area contributed by atoms with Crippen molar-refractivity contribution in [2.24, 2.45) is 5.18 Å². The number of benzene rings is 3. The first kappa shape index (κ1) is 20.8. The maximum atomic E-state index is 14.2. The van der Waals surface area contributed by atoms with Crippen molar-refractivity contribution in [3.8, 4) is 11.6 Å². The molecule has 7 nitrogen and oxygen atoms in total. The molecule has 33 heavy (non-hydrogen) atoms. The summed E-state index contributed by atoms with van der Waals surface area (Å²) in [4.78, 5) is 24.6. The fraction of sp³-hybridized carbons (Fsp3) is 0.160. The van der Waals surface area contributed by atoms with Crippen molar-refractivity contribution in [2.45, 2.75) is 20.1 Å². The lowest BCUT2D eigenvalue weighted by atomic mass is 9.98. The van der Waals surface area contributed by atoms with Crippen LogP contribution in [-0.2, 0) is 17.9 Å². The van der Waals surface area contributed by atoms with Crippen LogP contribution in [0.15, 0.2) is 59.8 Å². The predicted octanol–water partition coefficient (Wildman–Crippen LogP) is 5.34. The highest BCUT2D eigenvalue weighted by Gasteiger charge is 2.23. The Labute approximate surface area is 188 Å². The van der Waals surface area contributed by atoms with Gasteiger partial charge in [0.1, 0.15) is 11.6 Å². The highest BCUT2D eigenvalue weighted by Crippen LogP contribution is 2.41. The zero-order chi connectivity index (χ0) is 23.1. The SMILES string of the molecule is Cc1ccccc1C(=O)c1ccc2c(c1)c(N=O)c(O)n2Cc1cc(F)cc2c1OCOC2. The smallest absolute Gasteiger partial charge is 0.222 e. The minimum Gasteiger partial charge on any atom is -0.493 e. The van der Waals surface area contributed by atoms with Crippen molar-refractivity contribution in [3.63, 3.8) is 0 Å². The molecule has 0 aliphatic carbocycles. The van der Waals surface area contributed by atoms with E-state index in [-0.39, 0.29) is 37.3 Å². The average molecular weight is 446 g/mol. The van der Waals surface area contributed by atoms with Crippen molar-refractivity contribution >= 4 is 22.4 Å². The van der Waals surface area contributed by atoms with Gasteiger partial charge in [-0.05, 0) is 48.0 Å². The summed E-state index contributed by atoms with van der Waals surface area (Å²) < 4.78 is 26.4. The van der Waals surface area contributed by atoms with Crippen molar-refractivity contribution in [2.75, 3.05) is 6.79 Å². The largest absolute Gasteiger partial charge is 0.493 e. The van der Waals surface area contributed by atoms with E-state index in [4.69, 9.17) is 9.47 Å². The third-order valence-electron chi connectivity index (χ3n) is 5.83. The maximum Gasteiger partial charge on any atom is 0.222 e. The van der Waals surface area contributed by atoms with Crippen LogP contribution in [0, 0.1) is 17.6 Å². The first-order chi connectivity index (χ1) is 16.0. The van der Waals surface area contributed by atoms with Gasteiger partial charge in [-0.1, -0.05) is 24.3 Å². The van der Waals surface area contributed by atoms with Crippen molar-refractivity contribution in [3.05, 3.63) is 93.1 Å². The first-order valence-electron chi connectivity index (χ1n) is 10.3. The molecule has 1 N–H and O–H groups in total. The number of hydrogen-bond acceptors (Lipinski definition) is 6. The molecule has 5 rings (SSSR count). The molecule has 0 fully saturated rings. The molecule has 0 atom stereocenters. The standard InChI is InChI=1S/C25H19FN2O5/c1-14-4-2-3-5-19(14)23(29)15-6-7-21-20(10-15)22(27-31)25(30)28(21)11-16-8-18(26)9-17-12-32-13-33-24(16)17/h2-10,30H,11-13H2,1H3. The van der Waals surface area contributed by atoms with Gasteiger partial charge in [-0.15, -0.1) is 4.91 Å². The van der Waals surface area contributed by atoms with Gasteiger partial charge in [0.2, 0.25) is 5.88 Å². The molecular formula is C25H19FN2O5. The quantitative estimate of drug-likeness (QED) is 0.330. The number of ketones is 1. The van der Waals surface area contributed by atoms with Gasteiger partial charge < -0.3 is 19.1 Å². The monoisotopic (exact) mass is 446 g/mol. The van der Waals surface area contributed by atoms with Gasteiger partial charge >= 0.3 is 0 Å². The molecule has 3 aromatic carbocycles. The highest BCUT2D eigenvalue weighted by molar-refractivity contribution is 6.12. The number of aryl methyl sites for hydroxylation is 1. The van der Waals surface area contributed by atoms with Gasteiger partial charge in [-0.2, -0.15) is 0 Å². The van der Waals surface area contributed by atoms with E-state index in [0.29, 0.717) is 38.9 Å². The Kier molecular flexibility index (Phi) is 5.14. The summed E-state index contributed by atoms with van der Waals surface area (Å²) >= 11 is 0. The molecule has 1 aromatic heterocycles. The minimum atomic E-state index is -0.464. The average Bonchev–Trinajstić information content (AvgIpc) is 3.08. The molecule has 1 aliphatic rings. The van der Waals surface area contributed by atoms with Crippen molar-refractivity contribution in [1.29, 1.82) is 0 Å². The van der Waals surface area contributed by atoms with Crippen LogP contribution in [0.25, 0.3) is 10.9 Å². The summed E-state index contributed by atoms with van der Waals surface area (Å²) in [5, 5.41) is 14.1. The number of carbonyl (C=O) groups excluding carboxylic acids is 1. The summed E-state index contributed by atoms with van der Waals surface area (Å²) in [6.45, 7) is 2.13. The van der Waals surface area contributed by atoms with Crippen LogP contribution in [-0.4, -0.2) is 22.2 Å². The van der Waals surface area contributed by atoms with Crippen LogP contribution in [0.5, 0.6) is 11.6 Å². The Balaban J connectivity index is 1.61. The topological polar surface area (TPSA) is 90.1 Å². The first-order valence-corrected chi connectivity index (χ1v) is 10.3. The number of nitroso groups, excluding NO2 is 1. The molecule has 2 heterocycles. The Hall–Kier alpha value is -4.04. The molecule has 1 aliphatic heterocycles. The molecule has 0 spiro atoms. The van der Waals surface area contributed by atoms with Crippen LogP contribution in [0.1, 0.15) is 32.6 Å². The highest BCUT2D eigenvalue weighted by atomic mass is 19.1. The second-order valence-electron chi connectivity index (χ2n) is 7.89. The van der Waals surface area contributed by atoms with Gasteiger partial charge in [0, 0.05) is 27.6 Å². The van der Waals surface area contributed by atoms with Crippen LogP contribution in [0.4, 0.5) is 10.1 Å². The number of halogens is 1. The number of fused-ring (bicyclic) bond motifs is 2. The Morgan fingerprint density at radius 2 is 2.00 bits per heavy atom. The van der Waals surface area contributed by atoms with Crippen molar-refractivity contribution in [1.82, 2.24) is 4.57 Å². The van der Waals surface area contributed by atoms with Crippen molar-refractivity contribution < 1.29 is 23.8 Å². The van der Waals surface area contributed by atoms with Crippen LogP contribution in [0.3, 0.4) is 0 Å². The van der Waals surface area contributed by atoms with E-state index in [9.17, 15) is 19.2 Å². The second-order valence-corrected chi connectivity index (χ2v) is 7.89. The fourth-order valence-corrected chi connectivity index (χ4v) is 4.24. The lowest BCUT2D eigenvalue weighted by Gasteiger charge is -2.21. The van der Waals surface area contributed by atoms with Crippen LogP contribution < -0.4 is 4.74 Å². The molecule has 166 valence electrons. The minimum absolute atomic E-state index is 0.0308. The van der Waals surface area contributed by atoms with E-state index in [1.807, 2.05) is 19.1 Å². The van der Waals surface area contributed by atoms with Gasteiger partial charge in [0.25, 0.3) is 0 Å². The fourth-order valence-electron chi connectivity index (χ4n) is 4.24. The summed E-state index contributed by atoms with van der Waals surface area (Å²) in [5.41, 5.74) is 3.09. The van der Waals surface area contributed by atoms with E-state index in [1.54, 1.807) is 30.3 Å². The van der Waals surface area contributed by atoms with Crippen LogP contribution in [0.2, 0.25) is 0 Å². The second kappa shape index (κ2) is 8.14. The number of carbonyl (C=O) groups is 1. The van der Waals surface area contributed by atoms with Gasteiger partial charge in [0.15, 0.2) is 18.3 Å². The Morgan fingerprint density at radius 3 is 2.79 bits per heavy atom. The number of nitrogens with zero attached hydrogens (tertiary/aromatic N) is 2. The molecular weight excluding hydrogens is 427 g/mol. The maximum absolute atomic E-state index is 14.2. The molecule has 8 heteroatoms. The van der Waals surface area contributed by atoms with E-state index in [2.05, 4.69) is 5.18 Å². The number of ether oxygens (including phenoxy) is 2. The van der Waals surface area contributed by atoms with E-state index >= 15 is 0 Å². The number of hydrogen-bond donors (Lipinski definition) is 1. The summed E-state index contributed by atoms with van der Waals surface area (Å²) in [7, 11) is 0. The predicted molar refractivity (Wildman–Crippen MR) is 119 cm³/mol. The zero-order valence-electron chi connectivity index (χ0n) is 17.7. The number of aromatic hydroxyl groups is 1. The van der Waals surface area contributed by atoms with E-state index in [0.717, 1.165) is 5.56 Å². The third kappa shape index (κ3) is 3.54. The summed E-state index contributed by atoms with van der Waals surface area (Å²) in [6, 6.07) is 14.7. The summed E-state index contributed by atoms with van der Waals surface area (Å²) in [5.74, 6) is -0.554. The van der Waals surface area contributed by atoms with Gasteiger partial charge in [0.05, 0.1) is 18.7 Å². The molecule has 0 saturated carbocycles. The normalized spacial score (nSPS) is 12.9. The molecule has 0 amide bonds. The van der Waals surface area contributed by atoms with E-state index in [1.165, 1.54) is 16.7 Å². The molecule has 0 saturated heterocycles. The lowest BCUT2D eigenvalue weighted by molar-refractivity contribution is -0.0173. The lowest BCUT2D eigenvalue weighted by Crippen LogP contribution is -2.14. The molecule has 0 unspecified atom stereocenters. The third-order valence-corrected chi connectivity index (χ3v) is 5.83. The number of aromatic nitrogens is 1. The molecule has 0 bridgehead atoms.